The number of carbonyl (C=O) groups excluding carboxylic acids is 1. The van der Waals surface area contributed by atoms with E-state index in [0.717, 1.165) is 37.7 Å². The molecule has 0 aliphatic heterocycles. The van der Waals surface area contributed by atoms with Gasteiger partial charge in [0.15, 0.2) is 0 Å². The zero-order valence-electron chi connectivity index (χ0n) is 14.0. The molecule has 0 spiro atoms. The van der Waals surface area contributed by atoms with Gasteiger partial charge in [0.2, 0.25) is 5.91 Å². The van der Waals surface area contributed by atoms with Crippen LogP contribution in [0.3, 0.4) is 0 Å². The lowest BCUT2D eigenvalue weighted by molar-refractivity contribution is -0.128. The normalized spacial score (nSPS) is 22.0. The SMILES string of the molecule is CO[C@H]1CCC[C@@H](C(=O)N[C@@H](Cc2ccsc2)c2cccnc2)C1. The van der Waals surface area contributed by atoms with Gasteiger partial charge in [0.25, 0.3) is 0 Å². The number of thiophene rings is 1. The standard InChI is InChI=1S/C19H24N2O2S/c1-23-17-6-2-4-15(11-17)19(22)21-18(10-14-7-9-24-13-14)16-5-3-8-20-12-16/h3,5,7-9,12-13,15,17-18H,2,4,6,10-11H2,1H3,(H,21,22)/t15-,17+,18+/m1/s1. The minimum absolute atomic E-state index is 0.0382. The Hall–Kier alpha value is -1.72. The Bertz CT molecular complexity index is 630. The van der Waals surface area contributed by atoms with Gasteiger partial charge in [0, 0.05) is 25.4 Å². The molecule has 0 aromatic carbocycles. The first-order chi connectivity index (χ1) is 11.8. The van der Waals surface area contributed by atoms with Crippen LogP contribution in [0, 0.1) is 5.92 Å². The van der Waals surface area contributed by atoms with E-state index in [1.165, 1.54) is 5.56 Å². The molecule has 3 atom stereocenters. The van der Waals surface area contributed by atoms with Crippen LogP contribution >= 0.6 is 11.3 Å². The van der Waals surface area contributed by atoms with Crippen molar-refractivity contribution in [2.24, 2.45) is 5.92 Å². The first kappa shape index (κ1) is 17.1. The van der Waals surface area contributed by atoms with E-state index in [2.05, 4.69) is 27.1 Å². The Kier molecular flexibility index (Phi) is 5.99. The number of carbonyl (C=O) groups is 1. The molecule has 4 nitrogen and oxygen atoms in total. The molecule has 0 bridgehead atoms. The van der Waals surface area contributed by atoms with E-state index in [4.69, 9.17) is 4.74 Å². The smallest absolute Gasteiger partial charge is 0.223 e. The number of methoxy groups -OCH3 is 1. The van der Waals surface area contributed by atoms with Crippen LogP contribution in [0.5, 0.6) is 0 Å². The summed E-state index contributed by atoms with van der Waals surface area (Å²) < 4.78 is 5.46. The molecule has 1 saturated carbocycles. The first-order valence-electron chi connectivity index (χ1n) is 8.50. The molecule has 24 heavy (non-hydrogen) atoms. The van der Waals surface area contributed by atoms with Crippen molar-refractivity contribution in [1.29, 1.82) is 0 Å². The highest BCUT2D eigenvalue weighted by atomic mass is 32.1. The Morgan fingerprint density at radius 1 is 1.46 bits per heavy atom. The molecule has 1 N–H and O–H groups in total. The van der Waals surface area contributed by atoms with E-state index in [1.807, 2.05) is 18.3 Å². The molecule has 5 heteroatoms. The van der Waals surface area contributed by atoms with Crippen LogP contribution in [0.1, 0.15) is 42.9 Å². The largest absolute Gasteiger partial charge is 0.381 e. The van der Waals surface area contributed by atoms with E-state index in [0.29, 0.717) is 0 Å². The van der Waals surface area contributed by atoms with Crippen molar-refractivity contribution < 1.29 is 9.53 Å². The Morgan fingerprint density at radius 3 is 3.08 bits per heavy atom. The van der Waals surface area contributed by atoms with Crippen LogP contribution in [0.25, 0.3) is 0 Å². The molecule has 1 amide bonds. The Balaban J connectivity index is 1.70. The van der Waals surface area contributed by atoms with Crippen molar-refractivity contribution in [3.8, 4) is 0 Å². The molecular weight excluding hydrogens is 320 g/mol. The van der Waals surface area contributed by atoms with Crippen LogP contribution in [0.15, 0.2) is 41.4 Å². The van der Waals surface area contributed by atoms with Crippen LogP contribution in [0.4, 0.5) is 0 Å². The van der Waals surface area contributed by atoms with E-state index in [9.17, 15) is 4.79 Å². The topological polar surface area (TPSA) is 51.2 Å². The predicted octanol–water partition coefficient (Wildman–Crippen LogP) is 3.75. The molecule has 2 aromatic rings. The maximum Gasteiger partial charge on any atom is 0.223 e. The molecule has 0 saturated heterocycles. The highest BCUT2D eigenvalue weighted by molar-refractivity contribution is 7.07. The number of ether oxygens (including phenoxy) is 1. The second-order valence-electron chi connectivity index (χ2n) is 6.40. The molecule has 1 fully saturated rings. The summed E-state index contributed by atoms with van der Waals surface area (Å²) >= 11 is 1.68. The summed E-state index contributed by atoms with van der Waals surface area (Å²) in [7, 11) is 1.74. The number of hydrogen-bond donors (Lipinski definition) is 1. The van der Waals surface area contributed by atoms with E-state index in [-0.39, 0.29) is 24.0 Å². The second kappa shape index (κ2) is 8.40. The van der Waals surface area contributed by atoms with Gasteiger partial charge in [-0.25, -0.2) is 0 Å². The first-order valence-corrected chi connectivity index (χ1v) is 9.44. The molecule has 3 rings (SSSR count). The van der Waals surface area contributed by atoms with Crippen molar-refractivity contribution in [3.05, 3.63) is 52.5 Å². The third-order valence-electron chi connectivity index (χ3n) is 4.75. The van der Waals surface area contributed by atoms with Gasteiger partial charge < -0.3 is 10.1 Å². The van der Waals surface area contributed by atoms with Crippen LogP contribution in [-0.2, 0) is 16.0 Å². The fourth-order valence-electron chi connectivity index (χ4n) is 3.37. The summed E-state index contributed by atoms with van der Waals surface area (Å²) in [6.07, 6.45) is 8.49. The summed E-state index contributed by atoms with van der Waals surface area (Å²) in [6.45, 7) is 0. The van der Waals surface area contributed by atoms with Crippen LogP contribution in [0.2, 0.25) is 0 Å². The maximum atomic E-state index is 12.8. The summed E-state index contributed by atoms with van der Waals surface area (Å²) in [5.74, 6) is 0.186. The van der Waals surface area contributed by atoms with Crippen molar-refractivity contribution >= 4 is 17.2 Å². The van der Waals surface area contributed by atoms with Gasteiger partial charge in [0.1, 0.15) is 0 Å². The summed E-state index contributed by atoms with van der Waals surface area (Å²) in [5, 5.41) is 7.46. The zero-order valence-corrected chi connectivity index (χ0v) is 14.8. The van der Waals surface area contributed by atoms with Crippen molar-refractivity contribution in [2.45, 2.75) is 44.2 Å². The highest BCUT2D eigenvalue weighted by Gasteiger charge is 2.28. The average Bonchev–Trinajstić information content (AvgIpc) is 3.15. The van der Waals surface area contributed by atoms with Gasteiger partial charge in [-0.1, -0.05) is 12.5 Å². The monoisotopic (exact) mass is 344 g/mol. The zero-order chi connectivity index (χ0) is 16.8. The second-order valence-corrected chi connectivity index (χ2v) is 7.18. The minimum Gasteiger partial charge on any atom is -0.381 e. The summed E-state index contributed by atoms with van der Waals surface area (Å²) in [4.78, 5) is 17.0. The fourth-order valence-corrected chi connectivity index (χ4v) is 4.05. The molecule has 2 heterocycles. The lowest BCUT2D eigenvalue weighted by atomic mass is 9.86. The molecule has 0 radical (unpaired) electrons. The average molecular weight is 344 g/mol. The number of nitrogens with one attached hydrogen (secondary N) is 1. The number of aromatic nitrogens is 1. The lowest BCUT2D eigenvalue weighted by Gasteiger charge is -2.29. The molecule has 128 valence electrons. The molecule has 1 aliphatic carbocycles. The van der Waals surface area contributed by atoms with Gasteiger partial charge in [-0.15, -0.1) is 0 Å². The van der Waals surface area contributed by atoms with Gasteiger partial charge in [0.05, 0.1) is 12.1 Å². The maximum absolute atomic E-state index is 12.8. The molecule has 2 aromatic heterocycles. The number of rotatable bonds is 6. The highest BCUT2D eigenvalue weighted by Crippen LogP contribution is 2.27. The number of pyridine rings is 1. The predicted molar refractivity (Wildman–Crippen MR) is 95.9 cm³/mol. The summed E-state index contributed by atoms with van der Waals surface area (Å²) in [6, 6.07) is 6.03. The summed E-state index contributed by atoms with van der Waals surface area (Å²) in [5.41, 5.74) is 2.30. The molecule has 0 unspecified atom stereocenters. The van der Waals surface area contributed by atoms with Gasteiger partial charge in [-0.3, -0.25) is 9.78 Å². The van der Waals surface area contributed by atoms with Crippen LogP contribution in [-0.4, -0.2) is 24.1 Å². The van der Waals surface area contributed by atoms with Crippen LogP contribution < -0.4 is 5.32 Å². The van der Waals surface area contributed by atoms with Crippen molar-refractivity contribution in [2.75, 3.05) is 7.11 Å². The number of nitrogens with zero attached hydrogens (tertiary/aromatic N) is 1. The fraction of sp³-hybridized carbons (Fsp3) is 0.474. The van der Waals surface area contributed by atoms with E-state index < -0.39 is 0 Å². The molecule has 1 aliphatic rings. The van der Waals surface area contributed by atoms with Gasteiger partial charge >= 0.3 is 0 Å². The van der Waals surface area contributed by atoms with Crippen molar-refractivity contribution in [1.82, 2.24) is 10.3 Å². The Labute approximate surface area is 147 Å². The minimum atomic E-state index is -0.0382. The third kappa shape index (κ3) is 4.42. The van der Waals surface area contributed by atoms with Gasteiger partial charge in [-0.2, -0.15) is 11.3 Å². The number of hydrogen-bond acceptors (Lipinski definition) is 4. The molecular formula is C19H24N2O2S. The van der Waals surface area contributed by atoms with Gasteiger partial charge in [-0.05, 0) is 59.7 Å². The third-order valence-corrected chi connectivity index (χ3v) is 5.49. The van der Waals surface area contributed by atoms with E-state index >= 15 is 0 Å². The Morgan fingerprint density at radius 2 is 2.38 bits per heavy atom. The van der Waals surface area contributed by atoms with Crippen molar-refractivity contribution in [3.63, 3.8) is 0 Å². The quantitative estimate of drug-likeness (QED) is 0.868. The number of amides is 1. The van der Waals surface area contributed by atoms with E-state index in [1.54, 1.807) is 24.6 Å². The lowest BCUT2D eigenvalue weighted by Crippen LogP contribution is -2.38.